The van der Waals surface area contributed by atoms with Gasteiger partial charge in [0, 0.05) is 32.7 Å². The van der Waals surface area contributed by atoms with Crippen LogP contribution in [0.5, 0.6) is 11.5 Å². The zero-order chi connectivity index (χ0) is 26.2. The average Bonchev–Trinajstić information content (AvgIpc) is 2.98. The highest BCUT2D eigenvalue weighted by molar-refractivity contribution is 5.98. The van der Waals surface area contributed by atoms with Crippen LogP contribution in [0.1, 0.15) is 30.0 Å². The number of allylic oxidation sites excluding steroid dienone is 1. The van der Waals surface area contributed by atoms with Crippen molar-refractivity contribution >= 4 is 23.6 Å². The zero-order valence-electron chi connectivity index (χ0n) is 22.5. The van der Waals surface area contributed by atoms with E-state index in [0.717, 1.165) is 56.0 Å². The van der Waals surface area contributed by atoms with E-state index in [4.69, 9.17) is 4.74 Å². The van der Waals surface area contributed by atoms with Crippen LogP contribution in [0.4, 0.5) is 0 Å². The first-order valence-corrected chi connectivity index (χ1v) is 13.6. The number of nitrogens with zero attached hydrogens (tertiary/aromatic N) is 1. The first-order valence-electron chi connectivity index (χ1n) is 13.6. The van der Waals surface area contributed by atoms with Gasteiger partial charge in [-0.05, 0) is 69.6 Å². The Hall–Kier alpha value is -3.57. The summed E-state index contributed by atoms with van der Waals surface area (Å²) in [4.78, 5) is 2.45. The quantitative estimate of drug-likeness (QED) is 0.222. The molecule has 202 valence electrons. The normalized spacial score (nSPS) is 14.3. The summed E-state index contributed by atoms with van der Waals surface area (Å²) in [5, 5.41) is 13.0. The van der Waals surface area contributed by atoms with Crippen molar-refractivity contribution in [2.45, 2.75) is 13.3 Å². The number of piperazine rings is 1. The molecule has 39 heavy (non-hydrogen) atoms. The summed E-state index contributed by atoms with van der Waals surface area (Å²) in [6.45, 7) is 8.16. The Morgan fingerprint density at radius 2 is 1.31 bits per heavy atom. The van der Waals surface area contributed by atoms with Gasteiger partial charge in [0.05, 0.1) is 0 Å². The molecule has 0 amide bonds. The van der Waals surface area contributed by atoms with Crippen LogP contribution in [0.3, 0.4) is 0 Å². The molecule has 2 N–H and O–H groups in total. The van der Waals surface area contributed by atoms with E-state index in [0.29, 0.717) is 6.61 Å². The smallest absolute Gasteiger partial charge is 0.119 e. The number of aromatic hydroxyl groups is 1. The minimum absolute atomic E-state index is 0. The highest BCUT2D eigenvalue weighted by atomic mass is 35.5. The van der Waals surface area contributed by atoms with Crippen molar-refractivity contribution in [2.24, 2.45) is 0 Å². The summed E-state index contributed by atoms with van der Waals surface area (Å²) < 4.78 is 6.10. The molecule has 1 heterocycles. The molecule has 4 aromatic rings. The maximum atomic E-state index is 9.65. The number of nitrogens with one attached hydrogen (secondary N) is 1. The third-order valence-electron chi connectivity index (χ3n) is 7.18. The fraction of sp³-hybridized carbons (Fsp3) is 0.235. The van der Waals surface area contributed by atoms with Gasteiger partial charge in [0.2, 0.25) is 0 Å². The van der Waals surface area contributed by atoms with E-state index in [1.54, 1.807) is 12.1 Å². The number of rotatable bonds is 9. The molecule has 1 saturated heterocycles. The molecule has 0 atom stereocenters. The van der Waals surface area contributed by atoms with Crippen LogP contribution in [0.15, 0.2) is 103 Å². The van der Waals surface area contributed by atoms with Crippen LogP contribution in [0, 0.1) is 0 Å². The number of ether oxygens (including phenoxy) is 1. The van der Waals surface area contributed by atoms with Crippen molar-refractivity contribution in [3.8, 4) is 22.6 Å². The molecule has 0 spiro atoms. The van der Waals surface area contributed by atoms with Crippen LogP contribution in [-0.2, 0) is 0 Å². The van der Waals surface area contributed by atoms with Gasteiger partial charge in [0.1, 0.15) is 18.1 Å². The van der Waals surface area contributed by atoms with Crippen molar-refractivity contribution in [1.82, 2.24) is 10.2 Å². The lowest BCUT2D eigenvalue weighted by molar-refractivity contribution is 0.191. The third-order valence-corrected chi connectivity index (χ3v) is 7.18. The maximum Gasteiger partial charge on any atom is 0.119 e. The Balaban J connectivity index is 0.00000353. The number of benzene rings is 4. The van der Waals surface area contributed by atoms with Gasteiger partial charge in [-0.25, -0.2) is 0 Å². The van der Waals surface area contributed by atoms with Gasteiger partial charge in [-0.15, -0.1) is 12.4 Å². The van der Waals surface area contributed by atoms with Crippen LogP contribution >= 0.6 is 12.4 Å². The van der Waals surface area contributed by atoms with Gasteiger partial charge in [-0.2, -0.15) is 0 Å². The van der Waals surface area contributed by atoms with E-state index < -0.39 is 0 Å². The van der Waals surface area contributed by atoms with E-state index in [9.17, 15) is 5.11 Å². The molecule has 0 saturated carbocycles. The molecular formula is C34H37ClN2O2. The molecule has 0 aliphatic carbocycles. The molecule has 5 heteroatoms. The molecule has 0 radical (unpaired) electrons. The van der Waals surface area contributed by atoms with Crippen molar-refractivity contribution < 1.29 is 9.84 Å². The molecule has 5 rings (SSSR count). The Labute approximate surface area is 238 Å². The number of phenols is 1. The second-order valence-electron chi connectivity index (χ2n) is 9.66. The van der Waals surface area contributed by atoms with Crippen LogP contribution in [0.2, 0.25) is 0 Å². The predicted octanol–water partition coefficient (Wildman–Crippen LogP) is 7.13. The van der Waals surface area contributed by atoms with E-state index in [1.165, 1.54) is 27.8 Å². The summed E-state index contributed by atoms with van der Waals surface area (Å²) in [6.07, 6.45) is 0.919. The monoisotopic (exact) mass is 540 g/mol. The summed E-state index contributed by atoms with van der Waals surface area (Å²) in [5.74, 6) is 1.19. The van der Waals surface area contributed by atoms with E-state index in [2.05, 4.69) is 96.0 Å². The third kappa shape index (κ3) is 7.30. The second kappa shape index (κ2) is 14.0. The van der Waals surface area contributed by atoms with Crippen molar-refractivity contribution in [3.63, 3.8) is 0 Å². The van der Waals surface area contributed by atoms with E-state index in [-0.39, 0.29) is 18.2 Å². The number of hydrogen-bond donors (Lipinski definition) is 2. The Kier molecular flexibility index (Phi) is 10.2. The van der Waals surface area contributed by atoms with Gasteiger partial charge in [0.15, 0.2) is 0 Å². The summed E-state index contributed by atoms with van der Waals surface area (Å²) in [5.41, 5.74) is 8.36. The Morgan fingerprint density at radius 3 is 1.90 bits per heavy atom. The largest absolute Gasteiger partial charge is 0.508 e. The molecule has 4 nitrogen and oxygen atoms in total. The molecule has 0 bridgehead atoms. The van der Waals surface area contributed by atoms with Gasteiger partial charge in [-0.1, -0.05) is 85.8 Å². The van der Waals surface area contributed by atoms with Crippen molar-refractivity contribution in [3.05, 3.63) is 120 Å². The maximum absolute atomic E-state index is 9.65. The fourth-order valence-corrected chi connectivity index (χ4v) is 5.11. The average molecular weight is 541 g/mol. The Bertz CT molecular complexity index is 1330. The lowest BCUT2D eigenvalue weighted by atomic mass is 9.87. The molecule has 1 aliphatic rings. The summed E-state index contributed by atoms with van der Waals surface area (Å²) >= 11 is 0. The molecule has 4 aromatic carbocycles. The standard InChI is InChI=1S/C34H36N2O2.ClH/c1-2-33(28-6-4-3-5-7-28)34(29-10-8-26(9-11-29)27-12-16-31(37)17-13-27)30-14-18-32(19-15-30)38-25-24-36-22-20-35-21-23-36;/h3-19,35,37H,2,20-25H2,1H3;1H. The highest BCUT2D eigenvalue weighted by Gasteiger charge is 2.14. The zero-order valence-corrected chi connectivity index (χ0v) is 23.3. The lowest BCUT2D eigenvalue weighted by Crippen LogP contribution is -2.44. The fourth-order valence-electron chi connectivity index (χ4n) is 5.11. The second-order valence-corrected chi connectivity index (χ2v) is 9.66. The SMILES string of the molecule is CCC(=C(c1ccc(OCCN2CCNCC2)cc1)c1ccc(-c2ccc(O)cc2)cc1)c1ccccc1.Cl. The summed E-state index contributed by atoms with van der Waals surface area (Å²) in [6, 6.07) is 35.3. The van der Waals surface area contributed by atoms with Crippen LogP contribution in [0.25, 0.3) is 22.3 Å². The minimum Gasteiger partial charge on any atom is -0.508 e. The van der Waals surface area contributed by atoms with Crippen molar-refractivity contribution in [2.75, 3.05) is 39.3 Å². The van der Waals surface area contributed by atoms with Gasteiger partial charge in [0.25, 0.3) is 0 Å². The van der Waals surface area contributed by atoms with Gasteiger partial charge < -0.3 is 15.2 Å². The predicted molar refractivity (Wildman–Crippen MR) is 165 cm³/mol. The van der Waals surface area contributed by atoms with Gasteiger partial charge >= 0.3 is 0 Å². The lowest BCUT2D eigenvalue weighted by Gasteiger charge is -2.26. The van der Waals surface area contributed by atoms with Crippen LogP contribution < -0.4 is 10.1 Å². The minimum atomic E-state index is 0. The first-order chi connectivity index (χ1) is 18.7. The molecular weight excluding hydrogens is 504 g/mol. The van der Waals surface area contributed by atoms with Crippen molar-refractivity contribution in [1.29, 1.82) is 0 Å². The molecule has 1 aliphatic heterocycles. The molecule has 0 unspecified atom stereocenters. The summed E-state index contributed by atoms with van der Waals surface area (Å²) in [7, 11) is 0. The number of halogens is 1. The molecule has 0 aromatic heterocycles. The number of phenolic OH excluding ortho intramolecular Hbond substituents is 1. The topological polar surface area (TPSA) is 44.7 Å². The first kappa shape index (κ1) is 28.4. The van der Waals surface area contributed by atoms with Crippen LogP contribution in [-0.4, -0.2) is 49.3 Å². The molecule has 1 fully saturated rings. The van der Waals surface area contributed by atoms with Gasteiger partial charge in [-0.3, -0.25) is 4.90 Å². The van der Waals surface area contributed by atoms with E-state index in [1.807, 2.05) is 12.1 Å². The Morgan fingerprint density at radius 1 is 0.744 bits per heavy atom. The number of hydrogen-bond acceptors (Lipinski definition) is 4. The highest BCUT2D eigenvalue weighted by Crippen LogP contribution is 2.36. The van der Waals surface area contributed by atoms with E-state index >= 15 is 0 Å².